The Morgan fingerprint density at radius 3 is 1.95 bits per heavy atom. The number of carbonyl (C=O) groups is 2. The van der Waals surface area contributed by atoms with Crippen molar-refractivity contribution in [3.8, 4) is 0 Å². The van der Waals surface area contributed by atoms with Crippen molar-refractivity contribution >= 4 is 11.9 Å². The van der Waals surface area contributed by atoms with Crippen LogP contribution in [-0.2, 0) is 19.1 Å². The zero-order chi connectivity index (χ0) is 27.7. The molecule has 0 aliphatic carbocycles. The fraction of sp³-hybridized carbons (Fsp3) is 0.926. The monoisotopic (exact) mass is 533 g/mol. The molecular weight excluding hydrogens is 482 g/mol. The quantitative estimate of drug-likeness (QED) is 0.101. The average Bonchev–Trinajstić information content (AvgIpc) is 2.87. The van der Waals surface area contributed by atoms with Crippen LogP contribution in [0.3, 0.4) is 0 Å². The number of esters is 1. The molecule has 6 N–H and O–H groups in total. The molecule has 0 aromatic carbocycles. The largest absolute Gasteiger partial charge is 0.462 e. The molecule has 1 heterocycles. The molecule has 1 rings (SSSR count). The van der Waals surface area contributed by atoms with E-state index in [1.165, 1.54) is 64.7 Å². The minimum Gasteiger partial charge on any atom is -0.462 e. The molecule has 0 bridgehead atoms. The van der Waals surface area contributed by atoms with Gasteiger partial charge in [0.2, 0.25) is 5.91 Å². The molecule has 1 unspecified atom stereocenters. The molecule has 1 amide bonds. The number of aliphatic hydroxyl groups is 5. The lowest BCUT2D eigenvalue weighted by Gasteiger charge is -2.45. The van der Waals surface area contributed by atoms with Crippen molar-refractivity contribution in [2.45, 2.75) is 146 Å². The van der Waals surface area contributed by atoms with Crippen LogP contribution in [-0.4, -0.2) is 86.9 Å². The zero-order valence-electron chi connectivity index (χ0n) is 22.8. The van der Waals surface area contributed by atoms with Crippen LogP contribution in [0.15, 0.2) is 0 Å². The number of ether oxygens (including phenoxy) is 2. The Kier molecular flexibility index (Phi) is 17.2. The first-order valence-electron chi connectivity index (χ1n) is 14.2. The lowest BCUT2D eigenvalue weighted by atomic mass is 9.88. The summed E-state index contributed by atoms with van der Waals surface area (Å²) in [7, 11) is 0. The Bertz CT molecular complexity index is 635. The molecule has 1 fully saturated rings. The average molecular weight is 534 g/mol. The van der Waals surface area contributed by atoms with Gasteiger partial charge in [-0.2, -0.15) is 0 Å². The number of aliphatic hydroxyl groups excluding tert-OH is 4. The van der Waals surface area contributed by atoms with Crippen molar-refractivity contribution in [3.05, 3.63) is 0 Å². The van der Waals surface area contributed by atoms with Crippen molar-refractivity contribution in [3.63, 3.8) is 0 Å². The predicted molar refractivity (Wildman–Crippen MR) is 138 cm³/mol. The van der Waals surface area contributed by atoms with E-state index >= 15 is 0 Å². The van der Waals surface area contributed by atoms with E-state index in [-0.39, 0.29) is 18.9 Å². The second-order valence-electron chi connectivity index (χ2n) is 10.2. The molecule has 1 saturated heterocycles. The van der Waals surface area contributed by atoms with Gasteiger partial charge in [0.05, 0.1) is 25.4 Å². The Morgan fingerprint density at radius 1 is 0.946 bits per heavy atom. The highest BCUT2D eigenvalue weighted by Crippen LogP contribution is 2.31. The number of carbonyl (C=O) groups excluding carboxylic acids is 2. The maximum Gasteiger partial charge on any atom is 0.366 e. The molecule has 0 aromatic heterocycles. The van der Waals surface area contributed by atoms with Gasteiger partial charge in [-0.15, -0.1) is 0 Å². The van der Waals surface area contributed by atoms with Crippen molar-refractivity contribution in [2.75, 3.05) is 13.2 Å². The second kappa shape index (κ2) is 18.9. The summed E-state index contributed by atoms with van der Waals surface area (Å²) in [6.07, 6.45) is 8.50. The number of hydrogen-bond donors (Lipinski definition) is 6. The molecule has 0 aromatic rings. The van der Waals surface area contributed by atoms with Gasteiger partial charge in [-0.1, -0.05) is 84.0 Å². The van der Waals surface area contributed by atoms with E-state index < -0.39 is 55.2 Å². The van der Waals surface area contributed by atoms with Crippen molar-refractivity contribution in [1.29, 1.82) is 0 Å². The molecule has 1 aliphatic rings. The van der Waals surface area contributed by atoms with Gasteiger partial charge in [0.25, 0.3) is 5.79 Å². The van der Waals surface area contributed by atoms with Crippen molar-refractivity contribution in [2.24, 2.45) is 0 Å². The van der Waals surface area contributed by atoms with Gasteiger partial charge in [-0.3, -0.25) is 4.79 Å². The first-order chi connectivity index (χ1) is 17.7. The van der Waals surface area contributed by atoms with Crippen LogP contribution in [0.4, 0.5) is 0 Å². The lowest BCUT2D eigenvalue weighted by molar-refractivity contribution is -0.297. The SMILES string of the molecule is CCCCCCCCCCCCCCCC(=O)N[C@H]1[C@H]([C@H](O)[C@H](O)CO)OC(O)(C(=O)OCC)C[C@@H]1O. The summed E-state index contributed by atoms with van der Waals surface area (Å²) in [6.45, 7) is 2.88. The van der Waals surface area contributed by atoms with Crippen LogP contribution in [0.2, 0.25) is 0 Å². The Labute approximate surface area is 221 Å². The summed E-state index contributed by atoms with van der Waals surface area (Å²) in [4.78, 5) is 24.7. The Balaban J connectivity index is 2.42. The van der Waals surface area contributed by atoms with E-state index in [1.807, 2.05) is 0 Å². The number of amides is 1. The summed E-state index contributed by atoms with van der Waals surface area (Å²) >= 11 is 0. The summed E-state index contributed by atoms with van der Waals surface area (Å²) in [5.41, 5.74) is 0. The van der Waals surface area contributed by atoms with Gasteiger partial charge in [-0.25, -0.2) is 4.79 Å². The maximum absolute atomic E-state index is 12.5. The van der Waals surface area contributed by atoms with E-state index in [4.69, 9.17) is 9.47 Å². The van der Waals surface area contributed by atoms with Crippen LogP contribution < -0.4 is 5.32 Å². The third-order valence-electron chi connectivity index (χ3n) is 6.93. The standard InChI is InChI=1S/C27H51NO9/c1-3-5-6-7-8-9-10-11-12-13-14-15-16-17-22(32)28-23-20(30)18-27(35,26(34)36-4-2)37-25(23)24(33)21(31)19-29/h20-21,23-25,29-31,33,35H,3-19H2,1-2H3,(H,28,32)/t20-,21+,23+,24+,25+,27?/m0/s1. The topological polar surface area (TPSA) is 166 Å². The lowest BCUT2D eigenvalue weighted by Crippen LogP contribution is -2.67. The third kappa shape index (κ3) is 12.4. The summed E-state index contributed by atoms with van der Waals surface area (Å²) in [5.74, 6) is -4.10. The van der Waals surface area contributed by atoms with Gasteiger partial charge in [0.1, 0.15) is 18.3 Å². The van der Waals surface area contributed by atoms with Crippen LogP contribution in [0.25, 0.3) is 0 Å². The Morgan fingerprint density at radius 2 is 1.46 bits per heavy atom. The summed E-state index contributed by atoms with van der Waals surface area (Å²) in [5, 5.41) is 53.3. The fourth-order valence-electron chi connectivity index (χ4n) is 4.70. The molecule has 6 atom stereocenters. The number of hydrogen-bond acceptors (Lipinski definition) is 9. The van der Waals surface area contributed by atoms with Gasteiger partial charge in [-0.05, 0) is 13.3 Å². The second-order valence-corrected chi connectivity index (χ2v) is 10.2. The maximum atomic E-state index is 12.5. The molecule has 0 radical (unpaired) electrons. The summed E-state index contributed by atoms with van der Waals surface area (Å²) in [6, 6.07) is -1.21. The first kappa shape index (κ1) is 33.7. The minimum atomic E-state index is -2.56. The molecule has 37 heavy (non-hydrogen) atoms. The normalized spacial score (nSPS) is 25.4. The Hall–Kier alpha value is -1.30. The van der Waals surface area contributed by atoms with Crippen molar-refractivity contribution < 1.29 is 44.6 Å². The molecule has 0 spiro atoms. The third-order valence-corrected chi connectivity index (χ3v) is 6.93. The van der Waals surface area contributed by atoms with Gasteiger partial charge in [0, 0.05) is 12.8 Å². The minimum absolute atomic E-state index is 0.0492. The fourth-order valence-corrected chi connectivity index (χ4v) is 4.70. The van der Waals surface area contributed by atoms with Gasteiger partial charge in [0.15, 0.2) is 0 Å². The predicted octanol–water partition coefficient (Wildman–Crippen LogP) is 2.07. The molecule has 1 aliphatic heterocycles. The molecular formula is C27H51NO9. The van der Waals surface area contributed by atoms with E-state index in [1.54, 1.807) is 0 Å². The van der Waals surface area contributed by atoms with Gasteiger partial charge >= 0.3 is 5.97 Å². The van der Waals surface area contributed by atoms with Crippen LogP contribution in [0, 0.1) is 0 Å². The highest BCUT2D eigenvalue weighted by Gasteiger charge is 2.54. The van der Waals surface area contributed by atoms with E-state index in [2.05, 4.69) is 12.2 Å². The van der Waals surface area contributed by atoms with E-state index in [9.17, 15) is 35.1 Å². The smallest absolute Gasteiger partial charge is 0.366 e. The number of unbranched alkanes of at least 4 members (excludes halogenated alkanes) is 12. The number of rotatable bonds is 20. The van der Waals surface area contributed by atoms with Gasteiger partial charge < -0.3 is 40.3 Å². The zero-order valence-corrected chi connectivity index (χ0v) is 22.8. The van der Waals surface area contributed by atoms with Crippen LogP contribution >= 0.6 is 0 Å². The molecule has 10 nitrogen and oxygen atoms in total. The summed E-state index contributed by atoms with van der Waals surface area (Å²) < 4.78 is 10.2. The van der Waals surface area contributed by atoms with E-state index in [0.717, 1.165) is 19.3 Å². The molecule has 10 heteroatoms. The van der Waals surface area contributed by atoms with Crippen LogP contribution in [0.1, 0.15) is 110 Å². The number of nitrogens with one attached hydrogen (secondary N) is 1. The molecule has 218 valence electrons. The van der Waals surface area contributed by atoms with E-state index in [0.29, 0.717) is 6.42 Å². The van der Waals surface area contributed by atoms with Crippen molar-refractivity contribution in [1.82, 2.24) is 5.32 Å². The first-order valence-corrected chi connectivity index (χ1v) is 14.2. The highest BCUT2D eigenvalue weighted by molar-refractivity contribution is 5.78. The highest BCUT2D eigenvalue weighted by atomic mass is 16.7. The molecule has 0 saturated carbocycles. The van der Waals surface area contributed by atoms with Crippen LogP contribution in [0.5, 0.6) is 0 Å².